The van der Waals surface area contributed by atoms with Crippen LogP contribution in [0.1, 0.15) is 15.9 Å². The minimum absolute atomic E-state index is 0.0302. The summed E-state index contributed by atoms with van der Waals surface area (Å²) in [5.41, 5.74) is 1.64. The summed E-state index contributed by atoms with van der Waals surface area (Å²) in [4.78, 5) is 29.6. The third-order valence-electron chi connectivity index (χ3n) is 4.20. The number of rotatable bonds is 1. The van der Waals surface area contributed by atoms with Gasteiger partial charge >= 0.3 is 0 Å². The lowest BCUT2D eigenvalue weighted by Crippen LogP contribution is -2.33. The van der Waals surface area contributed by atoms with E-state index in [0.29, 0.717) is 29.7 Å². The van der Waals surface area contributed by atoms with Gasteiger partial charge in [0.15, 0.2) is 0 Å². The lowest BCUT2D eigenvalue weighted by Gasteiger charge is -2.17. The van der Waals surface area contributed by atoms with Gasteiger partial charge in [0.25, 0.3) is 5.91 Å². The highest BCUT2D eigenvalue weighted by Gasteiger charge is 2.28. The first kappa shape index (κ1) is 13.7. The number of carbonyl (C=O) groups is 1. The topological polar surface area (TPSA) is 71.0 Å². The van der Waals surface area contributed by atoms with Crippen LogP contribution in [0.2, 0.25) is 0 Å². The number of nitrogens with one attached hydrogen (secondary N) is 1. The quantitative estimate of drug-likeness (QED) is 0.742. The molecular weight excluding hydrogens is 299 g/mol. The van der Waals surface area contributed by atoms with Crippen molar-refractivity contribution in [2.24, 2.45) is 7.05 Å². The molecule has 0 radical (unpaired) electrons. The molecule has 0 unspecified atom stereocenters. The second-order valence-electron chi connectivity index (χ2n) is 5.54. The summed E-state index contributed by atoms with van der Waals surface area (Å²) in [6.07, 6.45) is 3.48. The average molecular weight is 312 g/mol. The Labute approximate surface area is 130 Å². The third kappa shape index (κ3) is 1.97. The second-order valence-corrected chi connectivity index (χ2v) is 5.54. The molecule has 1 aliphatic heterocycles. The fraction of sp³-hybridized carbons (Fsp3) is 0.188. The maximum atomic E-state index is 13.5. The maximum Gasteiger partial charge on any atom is 0.263 e. The van der Waals surface area contributed by atoms with Crippen LogP contribution < -0.4 is 10.3 Å². The summed E-state index contributed by atoms with van der Waals surface area (Å²) in [6.45, 7) is 0.433. The second kappa shape index (κ2) is 4.77. The van der Waals surface area contributed by atoms with E-state index in [1.165, 1.54) is 34.1 Å². The molecule has 23 heavy (non-hydrogen) atoms. The number of H-pyrrole nitrogens is 1. The van der Waals surface area contributed by atoms with Crippen molar-refractivity contribution in [3.63, 3.8) is 0 Å². The summed E-state index contributed by atoms with van der Waals surface area (Å²) in [5.74, 6) is -0.832. The van der Waals surface area contributed by atoms with Crippen molar-refractivity contribution in [3.05, 3.63) is 57.8 Å². The van der Waals surface area contributed by atoms with Crippen LogP contribution in [0.5, 0.6) is 0 Å². The van der Waals surface area contributed by atoms with Crippen molar-refractivity contribution in [1.82, 2.24) is 14.8 Å². The fourth-order valence-electron chi connectivity index (χ4n) is 2.99. The molecule has 2 aromatic heterocycles. The van der Waals surface area contributed by atoms with Crippen LogP contribution in [0.25, 0.3) is 11.0 Å². The summed E-state index contributed by atoms with van der Waals surface area (Å²) < 4.78 is 15.0. The van der Waals surface area contributed by atoms with Crippen molar-refractivity contribution in [1.29, 1.82) is 0 Å². The maximum absolute atomic E-state index is 13.5. The number of halogens is 1. The lowest BCUT2D eigenvalue weighted by molar-refractivity contribution is 0.0988. The molecule has 1 aromatic carbocycles. The highest BCUT2D eigenvalue weighted by atomic mass is 19.1. The van der Waals surface area contributed by atoms with E-state index in [2.05, 4.69) is 10.1 Å². The number of benzene rings is 1. The van der Waals surface area contributed by atoms with Crippen LogP contribution in [0.4, 0.5) is 10.1 Å². The number of anilines is 1. The van der Waals surface area contributed by atoms with E-state index in [1.54, 1.807) is 13.1 Å². The zero-order valence-electron chi connectivity index (χ0n) is 12.3. The Kier molecular flexibility index (Phi) is 2.84. The number of carbonyl (C=O) groups excluding carboxylic acids is 1. The van der Waals surface area contributed by atoms with Gasteiger partial charge in [-0.3, -0.25) is 14.3 Å². The molecule has 116 valence electrons. The van der Waals surface area contributed by atoms with Crippen LogP contribution in [-0.2, 0) is 13.5 Å². The van der Waals surface area contributed by atoms with Crippen LogP contribution in [0.3, 0.4) is 0 Å². The number of amides is 1. The van der Waals surface area contributed by atoms with Crippen molar-refractivity contribution in [2.45, 2.75) is 6.42 Å². The predicted octanol–water partition coefficient (Wildman–Crippen LogP) is 1.60. The predicted molar refractivity (Wildman–Crippen MR) is 83.1 cm³/mol. The Bertz CT molecular complexity index is 1000. The number of hydrogen-bond donors (Lipinski definition) is 1. The zero-order chi connectivity index (χ0) is 16.1. The number of aryl methyl sites for hydroxylation is 1. The monoisotopic (exact) mass is 312 g/mol. The molecule has 0 spiro atoms. The van der Waals surface area contributed by atoms with E-state index in [4.69, 9.17) is 0 Å². The molecule has 1 amide bonds. The van der Waals surface area contributed by atoms with Crippen LogP contribution in [0.15, 0.2) is 35.4 Å². The molecule has 0 atom stereocenters. The van der Waals surface area contributed by atoms with Gasteiger partial charge in [-0.05, 0) is 24.1 Å². The summed E-state index contributed by atoms with van der Waals surface area (Å²) in [5, 5.41) is 4.37. The highest BCUT2D eigenvalue weighted by Crippen LogP contribution is 2.29. The number of fused-ring (bicyclic) bond motifs is 2. The van der Waals surface area contributed by atoms with Crippen LogP contribution in [0, 0.1) is 5.82 Å². The summed E-state index contributed by atoms with van der Waals surface area (Å²) in [7, 11) is 1.71. The third-order valence-corrected chi connectivity index (χ3v) is 4.20. The van der Waals surface area contributed by atoms with Crippen LogP contribution in [-0.4, -0.2) is 27.2 Å². The molecule has 0 saturated carbocycles. The molecule has 1 N–H and O–H groups in total. The summed E-state index contributed by atoms with van der Waals surface area (Å²) >= 11 is 0. The first-order valence-electron chi connectivity index (χ1n) is 7.20. The van der Waals surface area contributed by atoms with Gasteiger partial charge in [-0.25, -0.2) is 4.39 Å². The smallest absolute Gasteiger partial charge is 0.263 e. The van der Waals surface area contributed by atoms with Gasteiger partial charge in [0.1, 0.15) is 17.0 Å². The minimum Gasteiger partial charge on any atom is -0.345 e. The minimum atomic E-state index is -0.429. The van der Waals surface area contributed by atoms with E-state index < -0.39 is 11.7 Å². The van der Waals surface area contributed by atoms with Crippen molar-refractivity contribution < 1.29 is 9.18 Å². The fourth-order valence-corrected chi connectivity index (χ4v) is 2.99. The van der Waals surface area contributed by atoms with Crippen LogP contribution >= 0.6 is 0 Å². The Morgan fingerprint density at radius 2 is 2.22 bits per heavy atom. The standard InChI is InChI=1S/C16H13FN4O2/c1-20-15-11(8-19-20)14(22)12(7-18-15)16(23)21-5-4-9-2-3-10(17)6-13(9)21/h2-3,6-8H,4-5H2,1H3,(H,18,22). The van der Waals surface area contributed by atoms with E-state index in [9.17, 15) is 14.0 Å². The molecule has 1 aliphatic rings. The van der Waals surface area contributed by atoms with E-state index >= 15 is 0 Å². The molecule has 7 heteroatoms. The van der Waals surface area contributed by atoms with Crippen molar-refractivity contribution >= 4 is 22.6 Å². The molecule has 0 fully saturated rings. The molecule has 3 heterocycles. The van der Waals surface area contributed by atoms with Gasteiger partial charge < -0.3 is 9.88 Å². The van der Waals surface area contributed by atoms with E-state index in [0.717, 1.165) is 5.56 Å². The highest BCUT2D eigenvalue weighted by molar-refractivity contribution is 6.08. The lowest BCUT2D eigenvalue weighted by atomic mass is 10.1. The van der Waals surface area contributed by atoms with Crippen molar-refractivity contribution in [3.8, 4) is 0 Å². The molecule has 6 nitrogen and oxygen atoms in total. The van der Waals surface area contributed by atoms with Gasteiger partial charge in [-0.1, -0.05) is 6.07 Å². The Morgan fingerprint density at radius 3 is 3.04 bits per heavy atom. The first-order chi connectivity index (χ1) is 11.1. The Balaban J connectivity index is 1.81. The number of hydrogen-bond acceptors (Lipinski definition) is 3. The van der Waals surface area contributed by atoms with Gasteiger partial charge in [-0.15, -0.1) is 0 Å². The number of pyridine rings is 1. The normalized spacial score (nSPS) is 13.6. The van der Waals surface area contributed by atoms with Gasteiger partial charge in [0.2, 0.25) is 5.43 Å². The number of aromatic nitrogens is 3. The van der Waals surface area contributed by atoms with Gasteiger partial charge in [-0.2, -0.15) is 5.10 Å². The van der Waals surface area contributed by atoms with Gasteiger partial charge in [0, 0.05) is 19.8 Å². The molecule has 4 rings (SSSR count). The van der Waals surface area contributed by atoms with Crippen molar-refractivity contribution in [2.75, 3.05) is 11.4 Å². The molecule has 0 saturated heterocycles. The zero-order valence-corrected chi connectivity index (χ0v) is 12.3. The molecule has 0 aliphatic carbocycles. The molecular formula is C16H13FN4O2. The Morgan fingerprint density at radius 1 is 1.39 bits per heavy atom. The van der Waals surface area contributed by atoms with E-state index in [1.807, 2.05) is 0 Å². The molecule has 0 bridgehead atoms. The van der Waals surface area contributed by atoms with E-state index in [-0.39, 0.29) is 11.0 Å². The Hall–Kier alpha value is -2.96. The van der Waals surface area contributed by atoms with Gasteiger partial charge in [0.05, 0.1) is 17.3 Å². The number of aromatic amines is 1. The SMILES string of the molecule is Cn1ncc2c(=O)c(C(=O)N3CCc4ccc(F)cc43)c[nH]c21. The molecule has 3 aromatic rings. The first-order valence-corrected chi connectivity index (χ1v) is 7.20. The average Bonchev–Trinajstić information content (AvgIpc) is 3.11. The largest absolute Gasteiger partial charge is 0.345 e. The summed E-state index contributed by atoms with van der Waals surface area (Å²) in [6, 6.07) is 4.38. The number of nitrogens with zero attached hydrogens (tertiary/aromatic N) is 3.